The first-order chi connectivity index (χ1) is 24.5. The monoisotopic (exact) mass is 727 g/mol. The lowest BCUT2D eigenvalue weighted by Gasteiger charge is -2.38. The number of benzene rings is 1. The van der Waals surface area contributed by atoms with Crippen molar-refractivity contribution in [1.29, 1.82) is 0 Å². The molecule has 3 aliphatic heterocycles. The van der Waals surface area contributed by atoms with E-state index in [1.54, 1.807) is 51.1 Å². The molecule has 286 valence electrons. The summed E-state index contributed by atoms with van der Waals surface area (Å²) in [6.07, 6.45) is 1.50. The number of hydrogen-bond acceptors (Lipinski definition) is 11. The van der Waals surface area contributed by atoms with Gasteiger partial charge in [-0.3, -0.25) is 28.9 Å². The molecule has 0 bridgehead atoms. The lowest BCUT2D eigenvalue weighted by molar-refractivity contribution is -0.162. The Morgan fingerprint density at radius 1 is 0.885 bits per heavy atom. The van der Waals surface area contributed by atoms with Crippen LogP contribution in [0.3, 0.4) is 0 Å². The van der Waals surface area contributed by atoms with Crippen molar-refractivity contribution in [3.8, 4) is 0 Å². The van der Waals surface area contributed by atoms with Crippen molar-refractivity contribution in [2.24, 2.45) is 11.7 Å². The quantitative estimate of drug-likeness (QED) is 0.193. The van der Waals surface area contributed by atoms with Crippen molar-refractivity contribution in [3.63, 3.8) is 0 Å². The summed E-state index contributed by atoms with van der Waals surface area (Å²) < 4.78 is 16.1. The summed E-state index contributed by atoms with van der Waals surface area (Å²) in [6.45, 7) is 10.5. The first kappa shape index (κ1) is 40.2. The number of likely N-dealkylation sites (tertiary alicyclic amines) is 3. The minimum atomic E-state index is -1.38. The third-order valence-corrected chi connectivity index (χ3v) is 9.57. The lowest BCUT2D eigenvalue weighted by Crippen LogP contribution is -2.59. The molecule has 0 unspecified atom stereocenters. The van der Waals surface area contributed by atoms with Gasteiger partial charge in [-0.2, -0.15) is 0 Å². The minimum Gasteiger partial charge on any atom is -0.459 e. The van der Waals surface area contributed by atoms with Gasteiger partial charge >= 0.3 is 18.0 Å². The molecule has 0 aromatic heterocycles. The van der Waals surface area contributed by atoms with E-state index in [0.717, 1.165) is 0 Å². The molecule has 4 rings (SSSR count). The van der Waals surface area contributed by atoms with E-state index < -0.39 is 84.2 Å². The molecule has 3 saturated heterocycles. The number of Topliss-reactive ketones (excluding diaryl/α,β-unsaturated/α-hetero) is 1. The number of carbonyl (C=O) groups excluding carboxylic acids is 7. The van der Waals surface area contributed by atoms with Gasteiger partial charge in [0.2, 0.25) is 17.7 Å². The number of nitrogens with zero attached hydrogens (tertiary/aromatic N) is 3. The van der Waals surface area contributed by atoms with Crippen LogP contribution in [-0.2, 0) is 38.2 Å². The van der Waals surface area contributed by atoms with Gasteiger partial charge in [0.1, 0.15) is 41.9 Å². The minimum absolute atomic E-state index is 0.0619. The molecule has 1 aromatic carbocycles. The Morgan fingerprint density at radius 2 is 1.54 bits per heavy atom. The van der Waals surface area contributed by atoms with Gasteiger partial charge < -0.3 is 35.1 Å². The molecule has 1 aromatic rings. The summed E-state index contributed by atoms with van der Waals surface area (Å²) >= 11 is 0. The Balaban J connectivity index is 1.33. The third-order valence-electron chi connectivity index (χ3n) is 9.57. The van der Waals surface area contributed by atoms with Crippen LogP contribution >= 0.6 is 0 Å². The Hall–Kier alpha value is -4.53. The van der Waals surface area contributed by atoms with E-state index in [4.69, 9.17) is 19.9 Å². The van der Waals surface area contributed by atoms with E-state index in [9.17, 15) is 33.6 Å². The molecule has 3 fully saturated rings. The molecule has 7 atom stereocenters. The average Bonchev–Trinajstić information content (AvgIpc) is 3.76. The highest BCUT2D eigenvalue weighted by Crippen LogP contribution is 2.28. The smallest absolute Gasteiger partial charge is 0.410 e. The fraction of sp³-hybridized carbons (Fsp3) is 0.649. The van der Waals surface area contributed by atoms with Gasteiger partial charge in [0.25, 0.3) is 0 Å². The number of nitrogens with two attached hydrogens (primary N) is 1. The molecule has 15 heteroatoms. The number of amides is 4. The molecule has 52 heavy (non-hydrogen) atoms. The molecule has 0 spiro atoms. The molecule has 3 aliphatic rings. The van der Waals surface area contributed by atoms with E-state index in [1.165, 1.54) is 28.5 Å². The molecule has 3 heterocycles. The second-order valence-electron chi connectivity index (χ2n) is 15.0. The van der Waals surface area contributed by atoms with Gasteiger partial charge in [-0.05, 0) is 79.1 Å². The van der Waals surface area contributed by atoms with Gasteiger partial charge in [-0.15, -0.1) is 0 Å². The van der Waals surface area contributed by atoms with Gasteiger partial charge in [-0.25, -0.2) is 9.59 Å². The van der Waals surface area contributed by atoms with Crippen LogP contribution in [0, 0.1) is 5.92 Å². The number of ketones is 1. The van der Waals surface area contributed by atoms with Crippen molar-refractivity contribution in [1.82, 2.24) is 20.0 Å². The van der Waals surface area contributed by atoms with Crippen molar-refractivity contribution in [3.05, 3.63) is 35.9 Å². The molecule has 4 amide bonds. The number of nitrogens with one attached hydrogen (secondary N) is 1. The Kier molecular flexibility index (Phi) is 13.4. The zero-order valence-electron chi connectivity index (χ0n) is 31.0. The van der Waals surface area contributed by atoms with Crippen LogP contribution in [0.2, 0.25) is 0 Å². The second kappa shape index (κ2) is 17.3. The standard InChI is InChI=1S/C37H53N5O10/c1-22-19-28(34(47)51-24(3)30(38)35(48)50-21-29(43)25-13-8-7-9-14-25)42(20-22)32(45)23(2)39-31(44)26-15-10-11-17-40(26)33(46)27-16-12-18-41(27)36(49)52-37(4,5)6/h7-9,13-14,22-24,26-28,30H,10-12,15-21,38H2,1-6H3,(H,39,44)/t22-,23-,24-,26-,27-,28-,30-/m0/s1. The van der Waals surface area contributed by atoms with E-state index in [1.807, 2.05) is 6.92 Å². The van der Waals surface area contributed by atoms with Crippen molar-refractivity contribution < 1.29 is 47.8 Å². The van der Waals surface area contributed by atoms with Crippen LogP contribution in [0.4, 0.5) is 4.79 Å². The van der Waals surface area contributed by atoms with Crippen molar-refractivity contribution in [2.45, 2.75) is 122 Å². The first-order valence-electron chi connectivity index (χ1n) is 18.1. The lowest BCUT2D eigenvalue weighted by atomic mass is 9.99. The van der Waals surface area contributed by atoms with E-state index in [-0.39, 0.29) is 18.4 Å². The highest BCUT2D eigenvalue weighted by atomic mass is 16.6. The van der Waals surface area contributed by atoms with Gasteiger partial charge in [0.05, 0.1) is 0 Å². The first-order valence-corrected chi connectivity index (χ1v) is 18.1. The normalized spacial score (nSPS) is 23.6. The highest BCUT2D eigenvalue weighted by Gasteiger charge is 2.45. The number of esters is 2. The van der Waals surface area contributed by atoms with Gasteiger partial charge in [-0.1, -0.05) is 37.3 Å². The van der Waals surface area contributed by atoms with Crippen LogP contribution in [0.25, 0.3) is 0 Å². The number of piperidine rings is 1. The highest BCUT2D eigenvalue weighted by molar-refractivity contribution is 5.98. The summed E-state index contributed by atoms with van der Waals surface area (Å²) in [5.41, 5.74) is 5.65. The zero-order chi connectivity index (χ0) is 38.3. The van der Waals surface area contributed by atoms with Crippen molar-refractivity contribution in [2.75, 3.05) is 26.2 Å². The number of carbonyl (C=O) groups is 7. The summed E-state index contributed by atoms with van der Waals surface area (Å²) in [5.74, 6) is -3.48. The molecular weight excluding hydrogens is 674 g/mol. The molecule has 0 aliphatic carbocycles. The third kappa shape index (κ3) is 10.1. The van der Waals surface area contributed by atoms with Gasteiger partial charge in [0.15, 0.2) is 12.4 Å². The maximum atomic E-state index is 13.8. The molecule has 3 N–H and O–H groups in total. The molecule has 15 nitrogen and oxygen atoms in total. The van der Waals surface area contributed by atoms with E-state index in [2.05, 4.69) is 5.32 Å². The molecule has 0 saturated carbocycles. The fourth-order valence-corrected chi connectivity index (χ4v) is 6.82. The number of hydrogen-bond donors (Lipinski definition) is 2. The van der Waals surface area contributed by atoms with E-state index >= 15 is 0 Å². The van der Waals surface area contributed by atoms with Crippen LogP contribution in [0.1, 0.15) is 90.4 Å². The van der Waals surface area contributed by atoms with Crippen LogP contribution in [-0.4, -0.2) is 124 Å². The maximum Gasteiger partial charge on any atom is 0.410 e. The zero-order valence-corrected chi connectivity index (χ0v) is 31.0. The number of ether oxygens (including phenoxy) is 3. The summed E-state index contributed by atoms with van der Waals surface area (Å²) in [5, 5.41) is 2.76. The molecular formula is C37H53N5O10. The Morgan fingerprint density at radius 3 is 2.21 bits per heavy atom. The fourth-order valence-electron chi connectivity index (χ4n) is 6.82. The molecule has 0 radical (unpaired) electrons. The SMILES string of the molecule is C[C@H]1C[C@@H](C(=O)O[C@@H](C)[C@H](N)C(=O)OCC(=O)c2ccccc2)N(C(=O)[C@H](C)NC(=O)[C@@H]2CCCCN2C(=O)[C@@H]2CCCN2C(=O)OC(C)(C)C)C1. The van der Waals surface area contributed by atoms with Crippen molar-refractivity contribution >= 4 is 41.5 Å². The van der Waals surface area contributed by atoms with Gasteiger partial charge in [0, 0.05) is 25.2 Å². The summed E-state index contributed by atoms with van der Waals surface area (Å²) in [4.78, 5) is 96.5. The summed E-state index contributed by atoms with van der Waals surface area (Å²) in [6, 6.07) is 3.33. The Labute approximate surface area is 304 Å². The predicted octanol–water partition coefficient (Wildman–Crippen LogP) is 2.19. The predicted molar refractivity (Wildman–Crippen MR) is 187 cm³/mol. The Bertz CT molecular complexity index is 1500. The summed E-state index contributed by atoms with van der Waals surface area (Å²) in [7, 11) is 0. The maximum absolute atomic E-state index is 13.8. The van der Waals surface area contributed by atoms with Crippen LogP contribution in [0.5, 0.6) is 0 Å². The second-order valence-corrected chi connectivity index (χ2v) is 15.0. The van der Waals surface area contributed by atoms with Crippen LogP contribution in [0.15, 0.2) is 30.3 Å². The number of rotatable bonds is 11. The average molecular weight is 728 g/mol. The van der Waals surface area contributed by atoms with Crippen LogP contribution < -0.4 is 11.1 Å². The topological polar surface area (TPSA) is 195 Å². The van der Waals surface area contributed by atoms with E-state index in [0.29, 0.717) is 57.2 Å². The largest absolute Gasteiger partial charge is 0.459 e.